The van der Waals surface area contributed by atoms with Crippen LogP contribution in [0.4, 0.5) is 0 Å². The third kappa shape index (κ3) is 4.46. The van der Waals surface area contributed by atoms with Crippen molar-refractivity contribution in [2.24, 2.45) is 11.3 Å². The Balaban J connectivity index is 1.70. The molecule has 0 amide bonds. The van der Waals surface area contributed by atoms with E-state index in [1.165, 1.54) is 71.1 Å². The second-order valence-corrected chi connectivity index (χ2v) is 7.31. The van der Waals surface area contributed by atoms with Crippen LogP contribution in [0.25, 0.3) is 0 Å². The summed E-state index contributed by atoms with van der Waals surface area (Å²) in [4.78, 5) is 2.59. The second-order valence-electron chi connectivity index (χ2n) is 7.31. The van der Waals surface area contributed by atoms with E-state index in [1.807, 2.05) is 0 Å². The van der Waals surface area contributed by atoms with Crippen LogP contribution >= 0.6 is 0 Å². The molecule has 19 heavy (non-hydrogen) atoms. The molecule has 0 aromatic rings. The van der Waals surface area contributed by atoms with Gasteiger partial charge in [-0.1, -0.05) is 33.1 Å². The fraction of sp³-hybridized carbons (Fsp3) is 1.00. The van der Waals surface area contributed by atoms with Crippen molar-refractivity contribution in [2.45, 2.75) is 71.8 Å². The summed E-state index contributed by atoms with van der Waals surface area (Å²) in [6.07, 6.45) is 9.99. The Morgan fingerprint density at radius 2 is 1.79 bits per heavy atom. The van der Waals surface area contributed by atoms with Gasteiger partial charge in [0.25, 0.3) is 0 Å². The van der Waals surface area contributed by atoms with Gasteiger partial charge in [-0.2, -0.15) is 0 Å². The van der Waals surface area contributed by atoms with E-state index in [4.69, 9.17) is 0 Å². The van der Waals surface area contributed by atoms with Gasteiger partial charge >= 0.3 is 0 Å². The number of nitrogens with one attached hydrogen (secondary N) is 1. The summed E-state index contributed by atoms with van der Waals surface area (Å²) in [5, 5.41) is 3.88. The Bertz CT molecular complexity index is 250. The normalized spacial score (nSPS) is 27.3. The van der Waals surface area contributed by atoms with Crippen LogP contribution in [0.5, 0.6) is 0 Å². The Labute approximate surface area is 120 Å². The lowest BCUT2D eigenvalue weighted by Crippen LogP contribution is -2.45. The van der Waals surface area contributed by atoms with E-state index in [-0.39, 0.29) is 0 Å². The van der Waals surface area contributed by atoms with E-state index in [0.29, 0.717) is 11.5 Å². The maximum absolute atomic E-state index is 3.88. The molecule has 1 aliphatic carbocycles. The standard InChI is InChI=1S/C17H34N2/c1-4-19-12-8-16(9-13-19)15(2)18-14-17(3)10-6-5-7-11-17/h15-16,18H,4-14H2,1-3H3. The average molecular weight is 266 g/mol. The summed E-state index contributed by atoms with van der Waals surface area (Å²) >= 11 is 0. The molecule has 1 heterocycles. The molecule has 2 nitrogen and oxygen atoms in total. The molecule has 1 N–H and O–H groups in total. The Morgan fingerprint density at radius 1 is 1.16 bits per heavy atom. The number of likely N-dealkylation sites (tertiary alicyclic amines) is 1. The minimum Gasteiger partial charge on any atom is -0.313 e. The first kappa shape index (κ1) is 15.3. The predicted octanol–water partition coefficient (Wildman–Crippen LogP) is 3.67. The molecule has 1 saturated carbocycles. The Morgan fingerprint density at radius 3 is 2.37 bits per heavy atom. The highest BCUT2D eigenvalue weighted by Crippen LogP contribution is 2.35. The first-order valence-electron chi connectivity index (χ1n) is 8.59. The third-order valence-electron chi connectivity index (χ3n) is 5.70. The van der Waals surface area contributed by atoms with Crippen LogP contribution in [0.2, 0.25) is 0 Å². The van der Waals surface area contributed by atoms with E-state index in [1.54, 1.807) is 0 Å². The second kappa shape index (κ2) is 7.08. The first-order valence-corrected chi connectivity index (χ1v) is 8.59. The number of piperidine rings is 1. The lowest BCUT2D eigenvalue weighted by molar-refractivity contribution is 0.150. The molecule has 112 valence electrons. The summed E-state index contributed by atoms with van der Waals surface area (Å²) in [5.74, 6) is 0.898. The highest BCUT2D eigenvalue weighted by atomic mass is 15.1. The van der Waals surface area contributed by atoms with Crippen molar-refractivity contribution in [1.82, 2.24) is 10.2 Å². The van der Waals surface area contributed by atoms with Gasteiger partial charge in [0.05, 0.1) is 0 Å². The van der Waals surface area contributed by atoms with Crippen molar-refractivity contribution in [3.8, 4) is 0 Å². The van der Waals surface area contributed by atoms with Crippen LogP contribution in [0.3, 0.4) is 0 Å². The molecular formula is C17H34N2. The lowest BCUT2D eigenvalue weighted by atomic mass is 9.75. The zero-order chi connectivity index (χ0) is 13.7. The molecule has 0 aromatic heterocycles. The van der Waals surface area contributed by atoms with Gasteiger partial charge in [0, 0.05) is 12.6 Å². The Kier molecular flexibility index (Phi) is 5.70. The maximum atomic E-state index is 3.88. The highest BCUT2D eigenvalue weighted by Gasteiger charge is 2.29. The van der Waals surface area contributed by atoms with E-state index in [0.717, 1.165) is 5.92 Å². The minimum atomic E-state index is 0.580. The SMILES string of the molecule is CCN1CCC(C(C)NCC2(C)CCCCC2)CC1. The van der Waals surface area contributed by atoms with Crippen molar-refractivity contribution in [3.63, 3.8) is 0 Å². The summed E-state index contributed by atoms with van der Waals surface area (Å²) in [6, 6.07) is 0.706. The molecular weight excluding hydrogens is 232 g/mol. The molecule has 2 aliphatic rings. The van der Waals surface area contributed by atoms with Gasteiger partial charge in [-0.15, -0.1) is 0 Å². The molecule has 0 aromatic carbocycles. The molecule has 1 aliphatic heterocycles. The van der Waals surface area contributed by atoms with Gasteiger partial charge in [0.15, 0.2) is 0 Å². The minimum absolute atomic E-state index is 0.580. The van der Waals surface area contributed by atoms with Crippen molar-refractivity contribution < 1.29 is 0 Å². The first-order chi connectivity index (χ1) is 9.13. The van der Waals surface area contributed by atoms with Crippen LogP contribution in [-0.4, -0.2) is 37.1 Å². The van der Waals surface area contributed by atoms with Crippen LogP contribution in [0, 0.1) is 11.3 Å². The lowest BCUT2D eigenvalue weighted by Gasteiger charge is -2.38. The van der Waals surface area contributed by atoms with E-state index in [2.05, 4.69) is 31.0 Å². The quantitative estimate of drug-likeness (QED) is 0.817. The predicted molar refractivity (Wildman–Crippen MR) is 83.5 cm³/mol. The summed E-state index contributed by atoms with van der Waals surface area (Å²) in [6.45, 7) is 12.3. The van der Waals surface area contributed by atoms with E-state index >= 15 is 0 Å². The fourth-order valence-corrected chi connectivity index (χ4v) is 3.93. The largest absolute Gasteiger partial charge is 0.313 e. The van der Waals surface area contributed by atoms with E-state index in [9.17, 15) is 0 Å². The molecule has 1 saturated heterocycles. The zero-order valence-corrected chi connectivity index (χ0v) is 13.4. The monoisotopic (exact) mass is 266 g/mol. The van der Waals surface area contributed by atoms with Crippen molar-refractivity contribution in [1.29, 1.82) is 0 Å². The molecule has 2 rings (SSSR count). The van der Waals surface area contributed by atoms with E-state index < -0.39 is 0 Å². The van der Waals surface area contributed by atoms with Gasteiger partial charge in [-0.3, -0.25) is 0 Å². The number of hydrogen-bond acceptors (Lipinski definition) is 2. The average Bonchev–Trinajstić information content (AvgIpc) is 2.46. The molecule has 0 radical (unpaired) electrons. The fourth-order valence-electron chi connectivity index (χ4n) is 3.93. The van der Waals surface area contributed by atoms with Crippen LogP contribution in [0.15, 0.2) is 0 Å². The maximum Gasteiger partial charge on any atom is 0.00681 e. The smallest absolute Gasteiger partial charge is 0.00681 e. The van der Waals surface area contributed by atoms with Gasteiger partial charge < -0.3 is 10.2 Å². The van der Waals surface area contributed by atoms with Crippen LogP contribution in [0.1, 0.15) is 65.7 Å². The molecule has 2 heteroatoms. The van der Waals surface area contributed by atoms with Crippen LogP contribution in [-0.2, 0) is 0 Å². The zero-order valence-electron chi connectivity index (χ0n) is 13.4. The topological polar surface area (TPSA) is 15.3 Å². The van der Waals surface area contributed by atoms with Gasteiger partial charge in [0.2, 0.25) is 0 Å². The highest BCUT2D eigenvalue weighted by molar-refractivity contribution is 4.84. The summed E-state index contributed by atoms with van der Waals surface area (Å²) in [5.41, 5.74) is 0.580. The molecule has 0 spiro atoms. The molecule has 2 fully saturated rings. The van der Waals surface area contributed by atoms with Crippen molar-refractivity contribution in [2.75, 3.05) is 26.2 Å². The number of nitrogens with zero attached hydrogens (tertiary/aromatic N) is 1. The number of rotatable bonds is 5. The third-order valence-corrected chi connectivity index (χ3v) is 5.70. The van der Waals surface area contributed by atoms with Crippen molar-refractivity contribution >= 4 is 0 Å². The summed E-state index contributed by atoms with van der Waals surface area (Å²) < 4.78 is 0. The van der Waals surface area contributed by atoms with Gasteiger partial charge in [0.1, 0.15) is 0 Å². The Hall–Kier alpha value is -0.0800. The summed E-state index contributed by atoms with van der Waals surface area (Å²) in [7, 11) is 0. The van der Waals surface area contributed by atoms with Crippen LogP contribution < -0.4 is 5.32 Å². The number of hydrogen-bond donors (Lipinski definition) is 1. The molecule has 1 unspecified atom stereocenters. The molecule has 1 atom stereocenters. The van der Waals surface area contributed by atoms with Gasteiger partial charge in [-0.25, -0.2) is 0 Å². The molecule has 0 bridgehead atoms. The van der Waals surface area contributed by atoms with Gasteiger partial charge in [-0.05, 0) is 63.6 Å². The van der Waals surface area contributed by atoms with Crippen molar-refractivity contribution in [3.05, 3.63) is 0 Å².